The molecule has 55 heavy (non-hydrogen) atoms. The number of fused-ring (bicyclic) bond motifs is 5. The number of aromatic nitrogens is 2. The van der Waals surface area contributed by atoms with Gasteiger partial charge in [-0.15, -0.1) is 0 Å². The van der Waals surface area contributed by atoms with Gasteiger partial charge in [-0.2, -0.15) is 0 Å². The number of carboxylic acid groups (broad SMARTS) is 1. The van der Waals surface area contributed by atoms with E-state index in [1.165, 1.54) is 37.7 Å². The van der Waals surface area contributed by atoms with Gasteiger partial charge in [0.1, 0.15) is 24.7 Å². The monoisotopic (exact) mass is 766 g/mol. The van der Waals surface area contributed by atoms with Crippen LogP contribution >= 0.6 is 0 Å². The second-order valence-electron chi connectivity index (χ2n) is 12.0. The summed E-state index contributed by atoms with van der Waals surface area (Å²) in [5.41, 5.74) is 2.84. The van der Waals surface area contributed by atoms with Crippen LogP contribution in [0.1, 0.15) is 49.9 Å². The van der Waals surface area contributed by atoms with E-state index in [1.807, 2.05) is 13.8 Å². The summed E-state index contributed by atoms with van der Waals surface area (Å²) in [6.07, 6.45) is -3.12. The smallest absolute Gasteiger partial charge is 0.407 e. The predicted octanol–water partition coefficient (Wildman–Crippen LogP) is 3.58. The molecule has 0 bridgehead atoms. The van der Waals surface area contributed by atoms with Crippen LogP contribution in [0.2, 0.25) is 0 Å². The van der Waals surface area contributed by atoms with Crippen LogP contribution in [0.25, 0.3) is 22.3 Å². The van der Waals surface area contributed by atoms with Gasteiger partial charge >= 0.3 is 24.5 Å². The van der Waals surface area contributed by atoms with Crippen LogP contribution in [0.4, 0.5) is 10.5 Å². The quantitative estimate of drug-likeness (QED) is 0.0802. The van der Waals surface area contributed by atoms with E-state index in [2.05, 4.69) is 10.6 Å². The van der Waals surface area contributed by atoms with E-state index >= 15 is 0 Å². The number of aliphatic hydroxyl groups excluding tert-OH is 1. The number of nitrogens with zero attached hydrogens (tertiary/aromatic N) is 2. The summed E-state index contributed by atoms with van der Waals surface area (Å²) in [4.78, 5) is 53.9. The number of benzene rings is 2. The first kappa shape index (κ1) is 40.1. The van der Waals surface area contributed by atoms with Crippen molar-refractivity contribution >= 4 is 34.6 Å². The Morgan fingerprint density at radius 1 is 1.04 bits per heavy atom. The second kappa shape index (κ2) is 17.4. The van der Waals surface area contributed by atoms with Gasteiger partial charge in [0.2, 0.25) is 6.79 Å². The lowest BCUT2D eigenvalue weighted by molar-refractivity contribution is -0.252. The van der Waals surface area contributed by atoms with Crippen LogP contribution < -0.4 is 30.4 Å². The number of nitrogens with one attached hydrogen (secondary N) is 2. The van der Waals surface area contributed by atoms with Crippen molar-refractivity contribution in [3.05, 3.63) is 69.0 Å². The maximum atomic E-state index is 13.4. The van der Waals surface area contributed by atoms with Crippen molar-refractivity contribution in [3.8, 4) is 34.4 Å². The largest absolute Gasteiger partial charge is 0.507 e. The topological polar surface area (TPSA) is 235 Å². The standard InChI is InChI=1S/C35H36N4O14.C2H6/c1-16(31(47-4)33(43)44)52-35(46)53-27-6-5-18(7-24(27)36-3)13-49-34(45)37-11-20-19-8-28-29(51-15-50-28)9-23(19)38-30-21(20)12-39-25(30)10-26(41)22(32(39)42)14-48-17(2)40;1-2/h5-10,16,31,35-36,41,46H,11-15H2,1-4H3,(H,37,45)(H,43,44);1-2H3. The summed E-state index contributed by atoms with van der Waals surface area (Å²) < 4.78 is 38.6. The minimum Gasteiger partial charge on any atom is -0.507 e. The molecule has 4 heterocycles. The zero-order valence-corrected chi connectivity index (χ0v) is 31.0. The third-order valence-electron chi connectivity index (χ3n) is 8.63. The predicted molar refractivity (Wildman–Crippen MR) is 194 cm³/mol. The normalized spacial score (nSPS) is 13.7. The van der Waals surface area contributed by atoms with Crippen LogP contribution in [0.5, 0.6) is 23.0 Å². The Kier molecular flexibility index (Phi) is 12.6. The number of esters is 1. The highest BCUT2D eigenvalue weighted by Crippen LogP contribution is 2.42. The number of ether oxygens (including phenoxy) is 7. The van der Waals surface area contributed by atoms with Gasteiger partial charge in [0.15, 0.2) is 17.6 Å². The summed E-state index contributed by atoms with van der Waals surface area (Å²) in [5.74, 6) is -1.08. The number of carbonyl (C=O) groups is 3. The lowest BCUT2D eigenvalue weighted by atomic mass is 10.00. The van der Waals surface area contributed by atoms with E-state index in [9.17, 15) is 34.5 Å². The molecular formula is C37H42N4O14. The molecule has 6 rings (SSSR count). The van der Waals surface area contributed by atoms with Crippen LogP contribution in [0.3, 0.4) is 0 Å². The molecule has 2 aliphatic rings. The number of amides is 1. The van der Waals surface area contributed by atoms with Gasteiger partial charge in [-0.25, -0.2) is 14.6 Å². The number of aromatic hydroxyl groups is 1. The summed E-state index contributed by atoms with van der Waals surface area (Å²) in [6.45, 7) is 4.30. The first-order chi connectivity index (χ1) is 26.4. The average Bonchev–Trinajstić information content (AvgIpc) is 3.76. The minimum atomic E-state index is -1.81. The molecule has 294 valence electrons. The molecule has 3 atom stereocenters. The number of carbonyl (C=O) groups excluding carboxylic acids is 2. The number of hydrogen-bond acceptors (Lipinski definition) is 15. The second-order valence-corrected chi connectivity index (χ2v) is 12.0. The molecular weight excluding hydrogens is 724 g/mol. The molecule has 5 N–H and O–H groups in total. The Morgan fingerprint density at radius 2 is 1.76 bits per heavy atom. The zero-order valence-electron chi connectivity index (χ0n) is 31.0. The molecule has 0 radical (unpaired) electrons. The third kappa shape index (κ3) is 8.66. The fraction of sp³-hybridized carbons (Fsp3) is 0.378. The molecule has 18 heteroatoms. The van der Waals surface area contributed by atoms with Crippen molar-refractivity contribution < 1.29 is 62.9 Å². The van der Waals surface area contributed by atoms with E-state index in [1.54, 1.807) is 31.3 Å². The van der Waals surface area contributed by atoms with E-state index in [-0.39, 0.29) is 43.6 Å². The molecule has 18 nitrogen and oxygen atoms in total. The molecule has 2 aromatic carbocycles. The molecule has 3 unspecified atom stereocenters. The van der Waals surface area contributed by atoms with Crippen molar-refractivity contribution in [2.75, 3.05) is 26.3 Å². The fourth-order valence-electron chi connectivity index (χ4n) is 6.05. The molecule has 2 aliphatic heterocycles. The Labute approximate surface area is 314 Å². The van der Waals surface area contributed by atoms with Crippen LogP contribution in [0, 0.1) is 0 Å². The van der Waals surface area contributed by atoms with Gasteiger partial charge in [-0.1, -0.05) is 19.9 Å². The Hall–Kier alpha value is -6.11. The van der Waals surface area contributed by atoms with E-state index in [4.69, 9.17) is 38.1 Å². The van der Waals surface area contributed by atoms with Crippen molar-refractivity contribution in [2.45, 2.75) is 72.7 Å². The number of rotatable bonds is 14. The maximum Gasteiger partial charge on any atom is 0.407 e. The molecule has 2 aromatic heterocycles. The number of methoxy groups -OCH3 is 1. The van der Waals surface area contributed by atoms with Gasteiger partial charge in [-0.3, -0.25) is 9.59 Å². The first-order valence-corrected chi connectivity index (χ1v) is 17.2. The summed E-state index contributed by atoms with van der Waals surface area (Å²) in [5, 5.41) is 36.5. The molecule has 0 saturated heterocycles. The summed E-state index contributed by atoms with van der Waals surface area (Å²) in [6, 6.07) is 9.57. The zero-order chi connectivity index (χ0) is 40.0. The molecule has 0 aliphatic carbocycles. The van der Waals surface area contributed by atoms with Gasteiger partial charge in [0.05, 0.1) is 40.8 Å². The lowest BCUT2D eigenvalue weighted by Gasteiger charge is -2.23. The Balaban J connectivity index is 0.00000285. The van der Waals surface area contributed by atoms with E-state index in [0.29, 0.717) is 56.2 Å². The first-order valence-electron chi connectivity index (χ1n) is 17.2. The fourth-order valence-corrected chi connectivity index (χ4v) is 6.05. The highest BCUT2D eigenvalue weighted by molar-refractivity contribution is 5.91. The van der Waals surface area contributed by atoms with Crippen molar-refractivity contribution in [1.29, 1.82) is 0 Å². The highest BCUT2D eigenvalue weighted by Gasteiger charge is 2.31. The number of aliphatic hydroxyl groups is 1. The summed E-state index contributed by atoms with van der Waals surface area (Å²) in [7, 11) is 2.82. The number of carboxylic acids is 1. The molecule has 1 amide bonds. The molecule has 0 spiro atoms. The number of hydrogen-bond donors (Lipinski definition) is 5. The minimum absolute atomic E-state index is 0.0278. The van der Waals surface area contributed by atoms with Gasteiger partial charge in [0, 0.05) is 50.7 Å². The van der Waals surface area contributed by atoms with Gasteiger partial charge in [-0.05, 0) is 36.2 Å². The van der Waals surface area contributed by atoms with Gasteiger partial charge < -0.3 is 63.7 Å². The van der Waals surface area contributed by atoms with Crippen molar-refractivity contribution in [3.63, 3.8) is 0 Å². The van der Waals surface area contributed by atoms with Crippen molar-refractivity contribution in [2.24, 2.45) is 0 Å². The highest BCUT2D eigenvalue weighted by atomic mass is 16.8. The van der Waals surface area contributed by atoms with E-state index in [0.717, 1.165) is 0 Å². The van der Waals surface area contributed by atoms with Crippen LogP contribution in [-0.4, -0.2) is 82.5 Å². The SMILES string of the molecule is CC.CNc1cc(COC(=O)NCc2c3c(nc4cc5c(cc24)OCO5)-c2cc(O)c(COC(C)=O)c(=O)n2C3)ccc1OC(O)OC(C)C(OC)C(=O)O. The number of pyridine rings is 2. The molecule has 4 aromatic rings. The molecule has 0 saturated carbocycles. The lowest BCUT2D eigenvalue weighted by Crippen LogP contribution is -2.39. The number of alkyl carbamates (subject to hydrolysis) is 1. The Morgan fingerprint density at radius 3 is 2.44 bits per heavy atom. The maximum absolute atomic E-state index is 13.4. The average molecular weight is 767 g/mol. The Bertz CT molecular complexity index is 2150. The van der Waals surface area contributed by atoms with E-state index < -0.39 is 48.9 Å². The van der Waals surface area contributed by atoms with Crippen molar-refractivity contribution in [1.82, 2.24) is 14.9 Å². The number of aliphatic carboxylic acids is 1. The third-order valence-corrected chi connectivity index (χ3v) is 8.63. The molecule has 0 fully saturated rings. The van der Waals surface area contributed by atoms with Crippen LogP contribution in [-0.2, 0) is 54.8 Å². The number of anilines is 1. The summed E-state index contributed by atoms with van der Waals surface area (Å²) >= 11 is 0. The van der Waals surface area contributed by atoms with Crippen LogP contribution in [0.15, 0.2) is 41.2 Å². The van der Waals surface area contributed by atoms with Gasteiger partial charge in [0.25, 0.3) is 5.56 Å².